The van der Waals surface area contributed by atoms with Gasteiger partial charge in [0.1, 0.15) is 0 Å². The second-order valence-corrected chi connectivity index (χ2v) is 1.48. The maximum absolute atomic E-state index is 3.51. The number of allylic oxidation sites excluding steroid dienone is 4. The van der Waals surface area contributed by atoms with Gasteiger partial charge in [-0.05, 0) is 13.3 Å². The van der Waals surface area contributed by atoms with Gasteiger partial charge < -0.3 is 0 Å². The summed E-state index contributed by atoms with van der Waals surface area (Å²) in [4.78, 5) is 0. The lowest BCUT2D eigenvalue weighted by atomic mass is 10.4. The van der Waals surface area contributed by atoms with Crippen LogP contribution in [0, 0.1) is 0 Å². The van der Waals surface area contributed by atoms with Gasteiger partial charge in [-0.2, -0.15) is 0 Å². The molecule has 0 unspecified atom stereocenters. The molecule has 0 atom stereocenters. The Morgan fingerprint density at radius 1 is 1.33 bits per heavy atom. The zero-order valence-electron chi connectivity index (χ0n) is 6.43. The molecule has 0 bridgehead atoms. The van der Waals surface area contributed by atoms with Crippen molar-refractivity contribution in [2.75, 3.05) is 0 Å². The molecule has 0 aromatic rings. The molecular weight excluding hydrogens is 108 g/mol. The van der Waals surface area contributed by atoms with Crippen LogP contribution in [0.3, 0.4) is 0 Å². The van der Waals surface area contributed by atoms with Gasteiger partial charge in [0.15, 0.2) is 0 Å². The molecule has 0 heteroatoms. The molecule has 0 saturated carbocycles. The van der Waals surface area contributed by atoms with Crippen LogP contribution in [-0.2, 0) is 0 Å². The van der Waals surface area contributed by atoms with Crippen molar-refractivity contribution in [2.45, 2.75) is 20.3 Å². The van der Waals surface area contributed by atoms with E-state index in [2.05, 4.69) is 26.2 Å². The lowest BCUT2D eigenvalue weighted by molar-refractivity contribution is 1.22. The minimum absolute atomic E-state index is 1.10. The van der Waals surface area contributed by atoms with Gasteiger partial charge in [-0.1, -0.05) is 37.8 Å². The van der Waals surface area contributed by atoms with Crippen LogP contribution in [0.2, 0.25) is 0 Å². The molecular formula is C9H16. The van der Waals surface area contributed by atoms with E-state index in [9.17, 15) is 0 Å². The lowest BCUT2D eigenvalue weighted by Gasteiger charge is -1.67. The average molecular weight is 124 g/mol. The van der Waals surface area contributed by atoms with Crippen molar-refractivity contribution in [1.82, 2.24) is 0 Å². The molecule has 0 aliphatic heterocycles. The molecule has 52 valence electrons. The van der Waals surface area contributed by atoms with E-state index in [1.165, 1.54) is 0 Å². The van der Waals surface area contributed by atoms with Crippen LogP contribution >= 0.6 is 0 Å². The van der Waals surface area contributed by atoms with Crippen LogP contribution in [0.15, 0.2) is 37.5 Å². The van der Waals surface area contributed by atoms with Gasteiger partial charge in [0.05, 0.1) is 0 Å². The number of hydrogen-bond acceptors (Lipinski definition) is 0. The SMILES string of the molecule is C=C/C=C/CC.C=CC. The lowest BCUT2D eigenvalue weighted by Crippen LogP contribution is -1.46. The molecule has 0 heterocycles. The maximum atomic E-state index is 3.51. The Morgan fingerprint density at radius 3 is 1.89 bits per heavy atom. The molecule has 0 aliphatic carbocycles. The van der Waals surface area contributed by atoms with E-state index in [4.69, 9.17) is 0 Å². The first-order chi connectivity index (χ1) is 4.33. The highest BCUT2D eigenvalue weighted by Crippen LogP contribution is 1.76. The molecule has 0 nitrogen and oxygen atoms in total. The first-order valence-corrected chi connectivity index (χ1v) is 3.18. The predicted octanol–water partition coefficient (Wildman–Crippen LogP) is 3.33. The van der Waals surface area contributed by atoms with Crippen molar-refractivity contribution in [2.24, 2.45) is 0 Å². The van der Waals surface area contributed by atoms with Crippen molar-refractivity contribution in [3.63, 3.8) is 0 Å². The molecule has 0 aromatic carbocycles. The fourth-order valence-electron chi connectivity index (χ4n) is 0.232. The van der Waals surface area contributed by atoms with Crippen molar-refractivity contribution in [3.8, 4) is 0 Å². The van der Waals surface area contributed by atoms with E-state index in [1.807, 2.05) is 13.0 Å². The topological polar surface area (TPSA) is 0 Å². The van der Waals surface area contributed by atoms with E-state index in [1.54, 1.807) is 12.2 Å². The third-order valence-electron chi connectivity index (χ3n) is 0.508. The highest BCUT2D eigenvalue weighted by molar-refractivity contribution is 4.96. The van der Waals surface area contributed by atoms with Crippen molar-refractivity contribution < 1.29 is 0 Å². The largest absolute Gasteiger partial charge is 0.103 e. The van der Waals surface area contributed by atoms with E-state index in [0.29, 0.717) is 0 Å². The average Bonchev–Trinajstić information content (AvgIpc) is 1.86. The second-order valence-electron chi connectivity index (χ2n) is 1.48. The Balaban J connectivity index is 0. The normalized spacial score (nSPS) is 7.78. The fourth-order valence-corrected chi connectivity index (χ4v) is 0.232. The Bertz CT molecular complexity index is 78.0. The molecule has 0 aliphatic rings. The molecule has 9 heavy (non-hydrogen) atoms. The highest BCUT2D eigenvalue weighted by atomic mass is 13.6. The molecule has 0 aromatic heterocycles. The predicted molar refractivity (Wildman–Crippen MR) is 45.5 cm³/mol. The Kier molecular flexibility index (Phi) is 19.3. The molecule has 0 spiro atoms. The van der Waals surface area contributed by atoms with Crippen LogP contribution < -0.4 is 0 Å². The standard InChI is InChI=1S/C6H10.C3H6/c1-3-5-6-4-2;1-3-2/h3,5-6H,1,4H2,2H3;3H,1H2,2H3/b6-5+;. The summed E-state index contributed by atoms with van der Waals surface area (Å²) in [5.41, 5.74) is 0. The van der Waals surface area contributed by atoms with Crippen LogP contribution in [0.5, 0.6) is 0 Å². The summed E-state index contributed by atoms with van der Waals surface area (Å²) in [5, 5.41) is 0. The highest BCUT2D eigenvalue weighted by Gasteiger charge is 1.55. The van der Waals surface area contributed by atoms with Gasteiger partial charge >= 0.3 is 0 Å². The summed E-state index contributed by atoms with van der Waals surface area (Å²) in [6.07, 6.45) is 8.64. The van der Waals surface area contributed by atoms with Crippen LogP contribution in [0.25, 0.3) is 0 Å². The fraction of sp³-hybridized carbons (Fsp3) is 0.333. The second kappa shape index (κ2) is 15.7. The Labute approximate surface area is 58.6 Å². The van der Waals surface area contributed by atoms with Gasteiger partial charge in [0, 0.05) is 0 Å². The molecule has 0 saturated heterocycles. The van der Waals surface area contributed by atoms with Crippen LogP contribution in [-0.4, -0.2) is 0 Å². The summed E-state index contributed by atoms with van der Waals surface area (Å²) < 4.78 is 0. The van der Waals surface area contributed by atoms with Gasteiger partial charge in [-0.3, -0.25) is 0 Å². The monoisotopic (exact) mass is 124 g/mol. The summed E-state index contributed by atoms with van der Waals surface area (Å²) in [6.45, 7) is 10.9. The van der Waals surface area contributed by atoms with E-state index >= 15 is 0 Å². The molecule has 0 amide bonds. The van der Waals surface area contributed by atoms with Crippen LogP contribution in [0.1, 0.15) is 20.3 Å². The first-order valence-electron chi connectivity index (χ1n) is 3.18. The van der Waals surface area contributed by atoms with E-state index in [0.717, 1.165) is 6.42 Å². The minimum Gasteiger partial charge on any atom is -0.103 e. The van der Waals surface area contributed by atoms with E-state index < -0.39 is 0 Å². The molecule has 0 N–H and O–H groups in total. The third kappa shape index (κ3) is 39.9. The van der Waals surface area contributed by atoms with Gasteiger partial charge in [-0.15, -0.1) is 6.58 Å². The molecule has 0 radical (unpaired) electrons. The zero-order chi connectivity index (χ0) is 7.54. The van der Waals surface area contributed by atoms with Crippen molar-refractivity contribution in [3.05, 3.63) is 37.5 Å². The summed E-state index contributed by atoms with van der Waals surface area (Å²) in [7, 11) is 0. The molecule has 0 rings (SSSR count). The van der Waals surface area contributed by atoms with E-state index in [-0.39, 0.29) is 0 Å². The van der Waals surface area contributed by atoms with Gasteiger partial charge in [0.2, 0.25) is 0 Å². The maximum Gasteiger partial charge on any atom is -0.0376 e. The molecule has 0 fully saturated rings. The zero-order valence-corrected chi connectivity index (χ0v) is 6.43. The van der Waals surface area contributed by atoms with Crippen LogP contribution in [0.4, 0.5) is 0 Å². The minimum atomic E-state index is 1.10. The smallest absolute Gasteiger partial charge is 0.0376 e. The summed E-state index contributed by atoms with van der Waals surface area (Å²) >= 11 is 0. The number of rotatable bonds is 2. The van der Waals surface area contributed by atoms with Gasteiger partial charge in [0.25, 0.3) is 0 Å². The summed E-state index contributed by atoms with van der Waals surface area (Å²) in [5.74, 6) is 0. The van der Waals surface area contributed by atoms with Crippen molar-refractivity contribution >= 4 is 0 Å². The Hall–Kier alpha value is -0.780. The quantitative estimate of drug-likeness (QED) is 0.391. The summed E-state index contributed by atoms with van der Waals surface area (Å²) in [6, 6.07) is 0. The van der Waals surface area contributed by atoms with Crippen molar-refractivity contribution in [1.29, 1.82) is 0 Å². The Morgan fingerprint density at radius 2 is 1.78 bits per heavy atom. The first kappa shape index (κ1) is 11.1. The number of hydrogen-bond donors (Lipinski definition) is 0. The van der Waals surface area contributed by atoms with Gasteiger partial charge in [-0.25, -0.2) is 0 Å². The third-order valence-corrected chi connectivity index (χ3v) is 0.508.